The van der Waals surface area contributed by atoms with E-state index in [1.807, 2.05) is 25.3 Å². The fraction of sp³-hybridized carbons (Fsp3) is 0.353. The van der Waals surface area contributed by atoms with Crippen molar-refractivity contribution in [3.8, 4) is 5.88 Å². The van der Waals surface area contributed by atoms with E-state index in [2.05, 4.69) is 49.3 Å². The summed E-state index contributed by atoms with van der Waals surface area (Å²) < 4.78 is 5.35. The lowest BCUT2D eigenvalue weighted by atomic mass is 10.00. The highest BCUT2D eigenvalue weighted by atomic mass is 16.5. The summed E-state index contributed by atoms with van der Waals surface area (Å²) in [5.74, 6) is 0.664. The average Bonchev–Trinajstić information content (AvgIpc) is 2.44. The van der Waals surface area contributed by atoms with E-state index in [-0.39, 0.29) is 6.04 Å². The predicted molar refractivity (Wildman–Crippen MR) is 83.4 cm³/mol. The maximum absolute atomic E-state index is 5.35. The van der Waals surface area contributed by atoms with Crippen LogP contribution in [0.4, 0.5) is 5.69 Å². The molecule has 1 heterocycles. The van der Waals surface area contributed by atoms with Crippen LogP contribution in [0.25, 0.3) is 0 Å². The number of rotatable bonds is 5. The van der Waals surface area contributed by atoms with Gasteiger partial charge in [-0.1, -0.05) is 23.8 Å². The number of aromatic nitrogens is 1. The summed E-state index contributed by atoms with van der Waals surface area (Å²) in [6, 6.07) is 10.7. The lowest BCUT2D eigenvalue weighted by molar-refractivity contribution is 0.327. The standard InChI is InChI=1S/C17H22N2O/c1-5-20-17-9-8-15(11-18-17)19-14(4)16-10-12(2)6-7-13(16)3/h6-11,14,19H,5H2,1-4H3. The topological polar surface area (TPSA) is 34.1 Å². The van der Waals surface area contributed by atoms with E-state index < -0.39 is 0 Å². The fourth-order valence-corrected chi connectivity index (χ4v) is 2.25. The number of ether oxygens (including phenoxy) is 1. The maximum atomic E-state index is 5.35. The molecule has 0 radical (unpaired) electrons. The van der Waals surface area contributed by atoms with Gasteiger partial charge in [-0.2, -0.15) is 0 Å². The molecular formula is C17H22N2O. The molecule has 1 N–H and O–H groups in total. The van der Waals surface area contributed by atoms with Gasteiger partial charge in [-0.15, -0.1) is 0 Å². The third-order valence-electron chi connectivity index (χ3n) is 3.31. The van der Waals surface area contributed by atoms with Crippen LogP contribution in [0.2, 0.25) is 0 Å². The van der Waals surface area contributed by atoms with Gasteiger partial charge in [0.15, 0.2) is 0 Å². The number of hydrogen-bond donors (Lipinski definition) is 1. The molecule has 3 nitrogen and oxygen atoms in total. The van der Waals surface area contributed by atoms with Gasteiger partial charge < -0.3 is 10.1 Å². The Bertz CT molecular complexity index is 564. The van der Waals surface area contributed by atoms with Crippen LogP contribution in [-0.2, 0) is 0 Å². The van der Waals surface area contributed by atoms with E-state index >= 15 is 0 Å². The number of hydrogen-bond acceptors (Lipinski definition) is 3. The van der Waals surface area contributed by atoms with Crippen LogP contribution in [-0.4, -0.2) is 11.6 Å². The van der Waals surface area contributed by atoms with Gasteiger partial charge in [-0.25, -0.2) is 4.98 Å². The Balaban J connectivity index is 2.10. The van der Waals surface area contributed by atoms with Crippen molar-refractivity contribution in [1.29, 1.82) is 0 Å². The SMILES string of the molecule is CCOc1ccc(NC(C)c2cc(C)ccc2C)cn1. The zero-order chi connectivity index (χ0) is 14.5. The first-order valence-corrected chi connectivity index (χ1v) is 7.02. The lowest BCUT2D eigenvalue weighted by Crippen LogP contribution is -2.08. The molecule has 1 atom stereocenters. The Kier molecular flexibility index (Phi) is 4.61. The number of nitrogens with zero attached hydrogens (tertiary/aromatic N) is 1. The van der Waals surface area contributed by atoms with Crippen LogP contribution >= 0.6 is 0 Å². The van der Waals surface area contributed by atoms with Crippen LogP contribution in [0.1, 0.15) is 36.6 Å². The smallest absolute Gasteiger partial charge is 0.213 e. The molecule has 0 aliphatic heterocycles. The molecule has 0 saturated carbocycles. The molecule has 0 amide bonds. The molecular weight excluding hydrogens is 248 g/mol. The second-order valence-corrected chi connectivity index (χ2v) is 5.04. The van der Waals surface area contributed by atoms with Crippen LogP contribution in [0.3, 0.4) is 0 Å². The van der Waals surface area contributed by atoms with Gasteiger partial charge >= 0.3 is 0 Å². The van der Waals surface area contributed by atoms with Crippen LogP contribution in [0.15, 0.2) is 36.5 Å². The largest absolute Gasteiger partial charge is 0.478 e. The minimum Gasteiger partial charge on any atom is -0.478 e. The molecule has 0 fully saturated rings. The van der Waals surface area contributed by atoms with Crippen molar-refractivity contribution in [2.45, 2.75) is 33.7 Å². The number of pyridine rings is 1. The van der Waals surface area contributed by atoms with E-state index in [9.17, 15) is 0 Å². The van der Waals surface area contributed by atoms with Gasteiger partial charge in [0, 0.05) is 12.1 Å². The number of nitrogens with one attached hydrogen (secondary N) is 1. The van der Waals surface area contributed by atoms with Crippen molar-refractivity contribution in [2.75, 3.05) is 11.9 Å². The molecule has 3 heteroatoms. The van der Waals surface area contributed by atoms with Crippen LogP contribution < -0.4 is 10.1 Å². The third kappa shape index (κ3) is 3.50. The van der Waals surface area contributed by atoms with Crippen molar-refractivity contribution in [2.24, 2.45) is 0 Å². The first-order valence-electron chi connectivity index (χ1n) is 7.02. The minimum atomic E-state index is 0.245. The Morgan fingerprint density at radius 3 is 2.65 bits per heavy atom. The third-order valence-corrected chi connectivity index (χ3v) is 3.31. The molecule has 0 aliphatic rings. The second-order valence-electron chi connectivity index (χ2n) is 5.04. The Morgan fingerprint density at radius 1 is 1.20 bits per heavy atom. The predicted octanol–water partition coefficient (Wildman–Crippen LogP) is 4.27. The molecule has 106 valence electrons. The quantitative estimate of drug-likeness (QED) is 0.881. The van der Waals surface area contributed by atoms with E-state index in [4.69, 9.17) is 4.74 Å². The molecule has 0 spiro atoms. The monoisotopic (exact) mass is 270 g/mol. The van der Waals surface area contributed by atoms with Gasteiger partial charge in [0.2, 0.25) is 5.88 Å². The summed E-state index contributed by atoms with van der Waals surface area (Å²) >= 11 is 0. The molecule has 0 saturated heterocycles. The lowest BCUT2D eigenvalue weighted by Gasteiger charge is -2.18. The summed E-state index contributed by atoms with van der Waals surface area (Å²) in [6.45, 7) is 9.02. The second kappa shape index (κ2) is 6.42. The fourth-order valence-electron chi connectivity index (χ4n) is 2.25. The number of aryl methyl sites for hydroxylation is 2. The van der Waals surface area contributed by atoms with Crippen molar-refractivity contribution >= 4 is 5.69 Å². The Labute approximate surface area is 121 Å². The first kappa shape index (κ1) is 14.4. The van der Waals surface area contributed by atoms with Gasteiger partial charge in [0.05, 0.1) is 18.5 Å². The zero-order valence-corrected chi connectivity index (χ0v) is 12.6. The highest BCUT2D eigenvalue weighted by Crippen LogP contribution is 2.23. The van der Waals surface area contributed by atoms with Crippen molar-refractivity contribution in [3.05, 3.63) is 53.2 Å². The number of anilines is 1. The normalized spacial score (nSPS) is 12.0. The molecule has 0 aliphatic carbocycles. The van der Waals surface area contributed by atoms with Gasteiger partial charge in [-0.05, 0) is 44.9 Å². The summed E-state index contributed by atoms with van der Waals surface area (Å²) in [5.41, 5.74) is 4.90. The number of benzene rings is 1. The molecule has 20 heavy (non-hydrogen) atoms. The molecule has 2 aromatic rings. The van der Waals surface area contributed by atoms with Gasteiger partial charge in [0.1, 0.15) is 0 Å². The van der Waals surface area contributed by atoms with Crippen molar-refractivity contribution in [1.82, 2.24) is 4.98 Å². The van der Waals surface area contributed by atoms with E-state index in [1.165, 1.54) is 16.7 Å². The maximum Gasteiger partial charge on any atom is 0.213 e. The molecule has 1 unspecified atom stereocenters. The highest BCUT2D eigenvalue weighted by Gasteiger charge is 2.09. The molecule has 1 aromatic heterocycles. The highest BCUT2D eigenvalue weighted by molar-refractivity contribution is 5.46. The van der Waals surface area contributed by atoms with Crippen LogP contribution in [0, 0.1) is 13.8 Å². The molecule has 2 rings (SSSR count). The van der Waals surface area contributed by atoms with E-state index in [1.54, 1.807) is 0 Å². The summed E-state index contributed by atoms with van der Waals surface area (Å²) in [4.78, 5) is 4.27. The average molecular weight is 270 g/mol. The first-order chi connectivity index (χ1) is 9.60. The van der Waals surface area contributed by atoms with E-state index in [0.717, 1.165) is 5.69 Å². The summed E-state index contributed by atoms with van der Waals surface area (Å²) in [5, 5.41) is 3.48. The summed E-state index contributed by atoms with van der Waals surface area (Å²) in [7, 11) is 0. The van der Waals surface area contributed by atoms with Crippen LogP contribution in [0.5, 0.6) is 5.88 Å². The van der Waals surface area contributed by atoms with Gasteiger partial charge in [0.25, 0.3) is 0 Å². The van der Waals surface area contributed by atoms with Crippen molar-refractivity contribution in [3.63, 3.8) is 0 Å². The minimum absolute atomic E-state index is 0.245. The summed E-state index contributed by atoms with van der Waals surface area (Å²) in [6.07, 6.45) is 1.81. The Morgan fingerprint density at radius 2 is 2.00 bits per heavy atom. The zero-order valence-electron chi connectivity index (χ0n) is 12.6. The van der Waals surface area contributed by atoms with Crippen molar-refractivity contribution < 1.29 is 4.74 Å². The van der Waals surface area contributed by atoms with E-state index in [0.29, 0.717) is 12.5 Å². The molecule has 1 aromatic carbocycles. The Hall–Kier alpha value is -2.03. The van der Waals surface area contributed by atoms with Gasteiger partial charge in [-0.3, -0.25) is 0 Å². The molecule has 0 bridgehead atoms.